The number of hydrogen-bond acceptors (Lipinski definition) is 4. The summed E-state index contributed by atoms with van der Waals surface area (Å²) in [6.07, 6.45) is 11.7. The van der Waals surface area contributed by atoms with Crippen LogP contribution in [0.4, 0.5) is 0 Å². The highest BCUT2D eigenvalue weighted by atomic mass is 16.3. The van der Waals surface area contributed by atoms with Gasteiger partial charge >= 0.3 is 0 Å². The van der Waals surface area contributed by atoms with Crippen molar-refractivity contribution in [3.05, 3.63) is 35.5 Å². The Bertz CT molecular complexity index is 738. The summed E-state index contributed by atoms with van der Waals surface area (Å²) in [6, 6.07) is 0. The Morgan fingerprint density at radius 3 is 2.48 bits per heavy atom. The minimum atomic E-state index is -0.618. The standard InChI is InChI=1S/C27H43NO3/c1-18(16-28-13-12-26(3,31)17-28)22-9-10-23-21(6-5-11-27(22,23)4)8-7-20-14-24(29)19(2)25(30)15-20/h7-8,18,22-25,29-31H,2,5-6,9-17H2,1,3-4H3/b20-7?,21-8+/t18-,22-,23+,24-,25+,26-,27-/m1/s1. The van der Waals surface area contributed by atoms with E-state index in [2.05, 4.69) is 37.5 Å². The van der Waals surface area contributed by atoms with Gasteiger partial charge in [0.2, 0.25) is 0 Å². The molecule has 0 aromatic heterocycles. The first-order valence-electron chi connectivity index (χ1n) is 12.5. The van der Waals surface area contributed by atoms with Gasteiger partial charge in [-0.3, -0.25) is 0 Å². The molecule has 1 heterocycles. The Morgan fingerprint density at radius 2 is 1.84 bits per heavy atom. The summed E-state index contributed by atoms with van der Waals surface area (Å²) in [5.74, 6) is 2.04. The van der Waals surface area contributed by atoms with Crippen molar-refractivity contribution in [1.29, 1.82) is 0 Å². The van der Waals surface area contributed by atoms with Gasteiger partial charge in [-0.15, -0.1) is 0 Å². The van der Waals surface area contributed by atoms with E-state index in [4.69, 9.17) is 0 Å². The molecule has 1 aliphatic heterocycles. The molecule has 174 valence electrons. The molecule has 3 aliphatic carbocycles. The number of aliphatic hydroxyl groups excluding tert-OH is 2. The van der Waals surface area contributed by atoms with Gasteiger partial charge in [0, 0.05) is 19.6 Å². The molecule has 4 rings (SSSR count). The highest BCUT2D eigenvalue weighted by Crippen LogP contribution is 2.59. The van der Waals surface area contributed by atoms with Gasteiger partial charge in [-0.05, 0) is 87.0 Å². The molecule has 4 fully saturated rings. The Hall–Kier alpha value is -0.940. The molecule has 0 bridgehead atoms. The molecule has 0 unspecified atom stereocenters. The first-order chi connectivity index (χ1) is 14.6. The number of hydrogen-bond donors (Lipinski definition) is 3. The highest BCUT2D eigenvalue weighted by molar-refractivity contribution is 5.29. The maximum Gasteiger partial charge on any atom is 0.0809 e. The minimum Gasteiger partial charge on any atom is -0.389 e. The van der Waals surface area contributed by atoms with Gasteiger partial charge in [0.05, 0.1) is 17.8 Å². The van der Waals surface area contributed by atoms with Crippen LogP contribution in [0.2, 0.25) is 0 Å². The van der Waals surface area contributed by atoms with Crippen LogP contribution >= 0.6 is 0 Å². The van der Waals surface area contributed by atoms with Crippen LogP contribution in [-0.2, 0) is 0 Å². The van der Waals surface area contributed by atoms with Crippen molar-refractivity contribution in [2.24, 2.45) is 23.2 Å². The van der Waals surface area contributed by atoms with Crippen molar-refractivity contribution >= 4 is 0 Å². The number of allylic oxidation sites excluding steroid dienone is 3. The average Bonchev–Trinajstić information content (AvgIpc) is 3.22. The third-order valence-corrected chi connectivity index (χ3v) is 9.10. The fourth-order valence-electron chi connectivity index (χ4n) is 7.37. The quantitative estimate of drug-likeness (QED) is 0.586. The van der Waals surface area contributed by atoms with Crippen molar-refractivity contribution in [1.82, 2.24) is 4.90 Å². The van der Waals surface area contributed by atoms with Crippen LogP contribution in [-0.4, -0.2) is 57.7 Å². The average molecular weight is 430 g/mol. The largest absolute Gasteiger partial charge is 0.389 e. The van der Waals surface area contributed by atoms with Gasteiger partial charge < -0.3 is 20.2 Å². The molecular formula is C27H43NO3. The molecule has 4 nitrogen and oxygen atoms in total. The van der Waals surface area contributed by atoms with Crippen molar-refractivity contribution in [2.75, 3.05) is 19.6 Å². The second-order valence-electron chi connectivity index (χ2n) is 11.6. The second kappa shape index (κ2) is 8.78. The van der Waals surface area contributed by atoms with E-state index in [0.717, 1.165) is 37.5 Å². The number of aliphatic hydroxyl groups is 3. The van der Waals surface area contributed by atoms with E-state index >= 15 is 0 Å². The van der Waals surface area contributed by atoms with Crippen LogP contribution in [0.15, 0.2) is 35.5 Å². The number of nitrogens with zero attached hydrogens (tertiary/aromatic N) is 1. The zero-order valence-corrected chi connectivity index (χ0v) is 19.8. The number of rotatable bonds is 4. The highest BCUT2D eigenvalue weighted by Gasteiger charge is 2.51. The third kappa shape index (κ3) is 4.73. The fraction of sp³-hybridized carbons (Fsp3) is 0.778. The lowest BCUT2D eigenvalue weighted by Gasteiger charge is -2.45. The molecule has 0 amide bonds. The first-order valence-corrected chi connectivity index (χ1v) is 12.5. The van der Waals surface area contributed by atoms with Crippen LogP contribution in [0, 0.1) is 23.2 Å². The van der Waals surface area contributed by atoms with E-state index < -0.39 is 17.8 Å². The van der Waals surface area contributed by atoms with Crippen LogP contribution in [0.1, 0.15) is 72.1 Å². The topological polar surface area (TPSA) is 63.9 Å². The van der Waals surface area contributed by atoms with E-state index in [0.29, 0.717) is 35.7 Å². The Labute approximate surface area is 188 Å². The Morgan fingerprint density at radius 1 is 1.13 bits per heavy atom. The zero-order chi connectivity index (χ0) is 22.4. The van der Waals surface area contributed by atoms with E-state index in [1.165, 1.54) is 32.1 Å². The SMILES string of the molecule is C=C1[C@H](O)CC(=C/C=C2\CCC[C@]3(C)[C@@H]([C@H](C)CN4CC[C@@](C)(O)C4)CC[C@@H]23)C[C@@H]1O. The second-order valence-corrected chi connectivity index (χ2v) is 11.6. The lowest BCUT2D eigenvalue weighted by atomic mass is 9.61. The molecule has 4 aliphatic rings. The van der Waals surface area contributed by atoms with E-state index in [1.54, 1.807) is 5.57 Å². The minimum absolute atomic E-state index is 0.365. The van der Waals surface area contributed by atoms with Crippen LogP contribution in [0.5, 0.6) is 0 Å². The monoisotopic (exact) mass is 429 g/mol. The van der Waals surface area contributed by atoms with Crippen molar-refractivity contribution < 1.29 is 15.3 Å². The predicted octanol–water partition coefficient (Wildman–Crippen LogP) is 4.22. The summed E-state index contributed by atoms with van der Waals surface area (Å²) in [4.78, 5) is 2.47. The maximum absolute atomic E-state index is 10.3. The lowest BCUT2D eigenvalue weighted by Crippen LogP contribution is -2.40. The molecule has 7 atom stereocenters. The van der Waals surface area contributed by atoms with Gasteiger partial charge in [0.25, 0.3) is 0 Å². The number of likely N-dealkylation sites (tertiary alicyclic amines) is 1. The summed E-state index contributed by atoms with van der Waals surface area (Å²) in [5.41, 5.74) is 3.12. The summed E-state index contributed by atoms with van der Waals surface area (Å²) < 4.78 is 0. The Kier molecular flexibility index (Phi) is 6.58. The zero-order valence-electron chi connectivity index (χ0n) is 19.8. The molecule has 0 radical (unpaired) electrons. The predicted molar refractivity (Wildman–Crippen MR) is 126 cm³/mol. The molecule has 3 saturated carbocycles. The Balaban J connectivity index is 1.44. The van der Waals surface area contributed by atoms with Gasteiger partial charge in [-0.2, -0.15) is 0 Å². The van der Waals surface area contributed by atoms with Gasteiger partial charge in [0.1, 0.15) is 0 Å². The fourth-order valence-corrected chi connectivity index (χ4v) is 7.37. The summed E-state index contributed by atoms with van der Waals surface area (Å²) in [7, 11) is 0. The van der Waals surface area contributed by atoms with Crippen molar-refractivity contribution in [2.45, 2.75) is 89.9 Å². The van der Waals surface area contributed by atoms with Crippen LogP contribution < -0.4 is 0 Å². The molecule has 0 spiro atoms. The van der Waals surface area contributed by atoms with Gasteiger partial charge in [-0.25, -0.2) is 0 Å². The third-order valence-electron chi connectivity index (χ3n) is 9.10. The lowest BCUT2D eigenvalue weighted by molar-refractivity contribution is 0.0549. The van der Waals surface area contributed by atoms with Crippen molar-refractivity contribution in [3.8, 4) is 0 Å². The van der Waals surface area contributed by atoms with Crippen molar-refractivity contribution in [3.63, 3.8) is 0 Å². The molecule has 0 aromatic rings. The van der Waals surface area contributed by atoms with E-state index in [1.807, 2.05) is 6.92 Å². The normalized spacial score (nSPS) is 45.4. The molecule has 3 N–H and O–H groups in total. The molecule has 0 aromatic carbocycles. The molecule has 4 heteroatoms. The van der Waals surface area contributed by atoms with E-state index in [9.17, 15) is 15.3 Å². The van der Waals surface area contributed by atoms with Crippen LogP contribution in [0.25, 0.3) is 0 Å². The van der Waals surface area contributed by atoms with E-state index in [-0.39, 0.29) is 0 Å². The summed E-state index contributed by atoms with van der Waals surface area (Å²) in [6.45, 7) is 13.7. The molecule has 31 heavy (non-hydrogen) atoms. The number of fused-ring (bicyclic) bond motifs is 1. The molecular weight excluding hydrogens is 386 g/mol. The molecule has 1 saturated heterocycles. The maximum atomic E-state index is 10.3. The first kappa shape index (κ1) is 23.2. The van der Waals surface area contributed by atoms with Crippen LogP contribution in [0.3, 0.4) is 0 Å². The van der Waals surface area contributed by atoms with Gasteiger partial charge in [0.15, 0.2) is 0 Å². The van der Waals surface area contributed by atoms with Gasteiger partial charge in [-0.1, -0.05) is 43.7 Å². The summed E-state index contributed by atoms with van der Waals surface area (Å²) in [5, 5.41) is 30.6. The summed E-state index contributed by atoms with van der Waals surface area (Å²) >= 11 is 0. The number of β-amino-alcohol motifs (C(OH)–C–C–N with tert-alkyl or cyclic N) is 1. The smallest absolute Gasteiger partial charge is 0.0809 e.